The van der Waals surface area contributed by atoms with Gasteiger partial charge in [-0.15, -0.1) is 0 Å². The Kier molecular flexibility index (Phi) is 2.15. The van der Waals surface area contributed by atoms with Gasteiger partial charge in [0.1, 0.15) is 5.75 Å². The molecule has 1 spiro atoms. The Morgan fingerprint density at radius 3 is 2.94 bits per heavy atom. The molecule has 1 aromatic rings. The molecule has 1 saturated carbocycles. The lowest BCUT2D eigenvalue weighted by molar-refractivity contribution is 0.192. The number of allylic oxidation sites excluding steroid dienone is 2. The number of aryl methyl sites for hydroxylation is 1. The van der Waals surface area contributed by atoms with Crippen molar-refractivity contribution in [1.82, 2.24) is 0 Å². The summed E-state index contributed by atoms with van der Waals surface area (Å²) in [5, 5.41) is 0. The van der Waals surface area contributed by atoms with Gasteiger partial charge in [0.15, 0.2) is 0 Å². The zero-order chi connectivity index (χ0) is 12.2. The van der Waals surface area contributed by atoms with E-state index in [1.54, 1.807) is 7.11 Å². The van der Waals surface area contributed by atoms with Gasteiger partial charge in [-0.1, -0.05) is 24.3 Å². The Balaban J connectivity index is 1.75. The Morgan fingerprint density at radius 2 is 2.22 bits per heavy atom. The topological polar surface area (TPSA) is 9.23 Å². The molecule has 94 valence electrons. The second-order valence-electron chi connectivity index (χ2n) is 6.33. The maximum absolute atomic E-state index is 5.58. The highest BCUT2D eigenvalue weighted by atomic mass is 16.5. The summed E-state index contributed by atoms with van der Waals surface area (Å²) in [5.74, 6) is 2.81. The number of rotatable bonds is 1. The molecule has 0 amide bonds. The van der Waals surface area contributed by atoms with E-state index in [4.69, 9.17) is 4.74 Å². The smallest absolute Gasteiger partial charge is 0.122 e. The highest BCUT2D eigenvalue weighted by Gasteiger charge is 2.49. The third-order valence-electron chi connectivity index (χ3n) is 5.50. The van der Waals surface area contributed by atoms with Crippen LogP contribution in [0.5, 0.6) is 5.75 Å². The molecule has 4 rings (SSSR count). The predicted octanol–water partition coefficient (Wildman–Crippen LogP) is 3.77. The molecular formula is C17H20O. The maximum Gasteiger partial charge on any atom is 0.122 e. The molecule has 0 aliphatic heterocycles. The van der Waals surface area contributed by atoms with Gasteiger partial charge in [-0.3, -0.25) is 0 Å². The molecule has 3 atom stereocenters. The van der Waals surface area contributed by atoms with Crippen LogP contribution < -0.4 is 4.74 Å². The summed E-state index contributed by atoms with van der Waals surface area (Å²) < 4.78 is 5.58. The van der Waals surface area contributed by atoms with Gasteiger partial charge in [0.25, 0.3) is 0 Å². The first-order valence-electron chi connectivity index (χ1n) is 7.14. The number of methoxy groups -OCH3 is 1. The van der Waals surface area contributed by atoms with Crippen LogP contribution in [0.15, 0.2) is 30.4 Å². The Hall–Kier alpha value is -1.24. The zero-order valence-corrected chi connectivity index (χ0v) is 11.0. The van der Waals surface area contributed by atoms with Crippen LogP contribution in [0, 0.1) is 17.3 Å². The van der Waals surface area contributed by atoms with Crippen LogP contribution in [0.3, 0.4) is 0 Å². The minimum Gasteiger partial charge on any atom is -0.496 e. The Bertz CT molecular complexity index is 502. The van der Waals surface area contributed by atoms with Crippen LogP contribution in [-0.2, 0) is 12.8 Å². The van der Waals surface area contributed by atoms with Gasteiger partial charge < -0.3 is 4.74 Å². The molecule has 0 saturated heterocycles. The molecule has 1 aromatic carbocycles. The van der Waals surface area contributed by atoms with E-state index in [0.717, 1.165) is 17.6 Å². The van der Waals surface area contributed by atoms with E-state index >= 15 is 0 Å². The summed E-state index contributed by atoms with van der Waals surface area (Å²) in [6.07, 6.45) is 11.6. The van der Waals surface area contributed by atoms with Crippen molar-refractivity contribution in [3.8, 4) is 5.75 Å². The molecule has 1 heteroatoms. The van der Waals surface area contributed by atoms with Crippen molar-refractivity contribution >= 4 is 0 Å². The second-order valence-corrected chi connectivity index (χ2v) is 6.33. The lowest BCUT2D eigenvalue weighted by atomic mass is 9.64. The van der Waals surface area contributed by atoms with Gasteiger partial charge in [0.2, 0.25) is 0 Å². The summed E-state index contributed by atoms with van der Waals surface area (Å²) >= 11 is 0. The molecule has 1 nitrogen and oxygen atoms in total. The van der Waals surface area contributed by atoms with Gasteiger partial charge in [-0.25, -0.2) is 0 Å². The molecule has 1 fully saturated rings. The maximum atomic E-state index is 5.58. The molecule has 0 N–H and O–H groups in total. The SMILES string of the molecule is COc1cccc2c1CC1(CC2)CC2C=CC1C2. The normalized spacial score (nSPS) is 36.1. The summed E-state index contributed by atoms with van der Waals surface area (Å²) in [7, 11) is 1.80. The molecule has 3 unspecified atom stereocenters. The van der Waals surface area contributed by atoms with Crippen LogP contribution in [0.4, 0.5) is 0 Å². The van der Waals surface area contributed by atoms with E-state index in [-0.39, 0.29) is 0 Å². The fraction of sp³-hybridized carbons (Fsp3) is 0.529. The van der Waals surface area contributed by atoms with Crippen molar-refractivity contribution in [2.24, 2.45) is 17.3 Å². The summed E-state index contributed by atoms with van der Waals surface area (Å²) in [6, 6.07) is 6.55. The first-order valence-corrected chi connectivity index (χ1v) is 7.14. The predicted molar refractivity (Wildman–Crippen MR) is 72.8 cm³/mol. The van der Waals surface area contributed by atoms with Crippen molar-refractivity contribution < 1.29 is 4.74 Å². The highest BCUT2D eigenvalue weighted by Crippen LogP contribution is 2.58. The third-order valence-corrected chi connectivity index (χ3v) is 5.50. The average molecular weight is 240 g/mol. The summed E-state index contributed by atoms with van der Waals surface area (Å²) in [6.45, 7) is 0. The van der Waals surface area contributed by atoms with Gasteiger partial charge in [0.05, 0.1) is 7.11 Å². The minimum absolute atomic E-state index is 0.557. The number of fused-ring (bicyclic) bond motifs is 4. The molecule has 18 heavy (non-hydrogen) atoms. The molecule has 2 bridgehead atoms. The fourth-order valence-electron chi connectivity index (χ4n) is 4.61. The average Bonchev–Trinajstić information content (AvgIpc) is 2.98. The van der Waals surface area contributed by atoms with Crippen LogP contribution >= 0.6 is 0 Å². The first-order chi connectivity index (χ1) is 8.81. The molecule has 0 radical (unpaired) electrons. The lowest BCUT2D eigenvalue weighted by Crippen LogP contribution is -2.33. The second kappa shape index (κ2) is 3.63. The van der Waals surface area contributed by atoms with Crippen LogP contribution in [0.25, 0.3) is 0 Å². The number of ether oxygens (including phenoxy) is 1. The van der Waals surface area contributed by atoms with Crippen LogP contribution in [0.1, 0.15) is 30.4 Å². The quantitative estimate of drug-likeness (QED) is 0.679. The van der Waals surface area contributed by atoms with E-state index in [1.807, 2.05) is 0 Å². The van der Waals surface area contributed by atoms with Crippen molar-refractivity contribution in [3.05, 3.63) is 41.5 Å². The van der Waals surface area contributed by atoms with E-state index in [1.165, 1.54) is 43.2 Å². The lowest BCUT2D eigenvalue weighted by Gasteiger charge is -2.40. The standard InChI is InChI=1S/C17H20O/c1-18-16-4-2-3-13-7-8-17(11-15(13)16)10-12-5-6-14(17)9-12/h2-6,12,14H,7-11H2,1H3. The Labute approximate surface area is 109 Å². The largest absolute Gasteiger partial charge is 0.496 e. The monoisotopic (exact) mass is 240 g/mol. The summed E-state index contributed by atoms with van der Waals surface area (Å²) in [4.78, 5) is 0. The van der Waals surface area contributed by atoms with Crippen molar-refractivity contribution in [3.63, 3.8) is 0 Å². The minimum atomic E-state index is 0.557. The zero-order valence-electron chi connectivity index (χ0n) is 11.0. The fourth-order valence-corrected chi connectivity index (χ4v) is 4.61. The van der Waals surface area contributed by atoms with Crippen molar-refractivity contribution in [2.45, 2.75) is 32.1 Å². The van der Waals surface area contributed by atoms with Crippen molar-refractivity contribution in [2.75, 3.05) is 7.11 Å². The van der Waals surface area contributed by atoms with Gasteiger partial charge in [0, 0.05) is 0 Å². The first kappa shape index (κ1) is 10.7. The molecular weight excluding hydrogens is 220 g/mol. The summed E-state index contributed by atoms with van der Waals surface area (Å²) in [5.41, 5.74) is 3.57. The number of benzene rings is 1. The van der Waals surface area contributed by atoms with E-state index < -0.39 is 0 Å². The van der Waals surface area contributed by atoms with E-state index in [0.29, 0.717) is 5.41 Å². The van der Waals surface area contributed by atoms with E-state index in [9.17, 15) is 0 Å². The van der Waals surface area contributed by atoms with Crippen molar-refractivity contribution in [1.29, 1.82) is 0 Å². The highest BCUT2D eigenvalue weighted by molar-refractivity contribution is 5.43. The Morgan fingerprint density at radius 1 is 1.28 bits per heavy atom. The number of hydrogen-bond donors (Lipinski definition) is 0. The number of hydrogen-bond acceptors (Lipinski definition) is 1. The van der Waals surface area contributed by atoms with E-state index in [2.05, 4.69) is 30.4 Å². The molecule has 0 aromatic heterocycles. The van der Waals surface area contributed by atoms with Gasteiger partial charge >= 0.3 is 0 Å². The molecule has 3 aliphatic carbocycles. The third kappa shape index (κ3) is 1.33. The van der Waals surface area contributed by atoms with Gasteiger partial charge in [-0.05, 0) is 66.5 Å². The van der Waals surface area contributed by atoms with Crippen LogP contribution in [0.2, 0.25) is 0 Å². The molecule has 3 aliphatic rings. The molecule has 0 heterocycles. The van der Waals surface area contributed by atoms with Gasteiger partial charge in [-0.2, -0.15) is 0 Å². The van der Waals surface area contributed by atoms with Crippen LogP contribution in [-0.4, -0.2) is 7.11 Å².